The van der Waals surface area contributed by atoms with E-state index in [1.807, 2.05) is 0 Å². The van der Waals surface area contributed by atoms with Crippen molar-refractivity contribution in [1.82, 2.24) is 9.59 Å². The van der Waals surface area contributed by atoms with Crippen molar-refractivity contribution in [3.63, 3.8) is 0 Å². The highest BCUT2D eigenvalue weighted by molar-refractivity contribution is 7.05. The van der Waals surface area contributed by atoms with Gasteiger partial charge in [-0.25, -0.2) is 0 Å². The quantitative estimate of drug-likeness (QED) is 0.767. The van der Waals surface area contributed by atoms with E-state index in [0.29, 0.717) is 11.8 Å². The van der Waals surface area contributed by atoms with Crippen LogP contribution >= 0.6 is 11.5 Å². The highest BCUT2D eigenvalue weighted by atomic mass is 32.1. The van der Waals surface area contributed by atoms with Crippen molar-refractivity contribution < 1.29 is 9.47 Å². The largest absolute Gasteiger partial charge is 0.381 e. The maximum Gasteiger partial charge on any atom is 0.0845 e. The van der Waals surface area contributed by atoms with Crippen LogP contribution in [0.25, 0.3) is 0 Å². The molecule has 82 valence electrons. The third-order valence-electron chi connectivity index (χ3n) is 3.16. The number of ether oxygens (including phenoxy) is 2. The first-order chi connectivity index (χ1) is 7.45. The minimum atomic E-state index is 0.472. The number of hydrogen-bond donors (Lipinski definition) is 0. The van der Waals surface area contributed by atoms with Crippen LogP contribution in [-0.2, 0) is 9.47 Å². The Bertz CT molecular complexity index is 299. The molecule has 0 saturated carbocycles. The molecular weight excluding hydrogens is 212 g/mol. The molecule has 1 aromatic rings. The van der Waals surface area contributed by atoms with E-state index in [9.17, 15) is 0 Å². The van der Waals surface area contributed by atoms with E-state index in [-0.39, 0.29) is 0 Å². The Morgan fingerprint density at radius 3 is 2.47 bits per heavy atom. The smallest absolute Gasteiger partial charge is 0.0845 e. The Labute approximate surface area is 92.8 Å². The van der Waals surface area contributed by atoms with E-state index in [2.05, 4.69) is 9.59 Å². The maximum absolute atomic E-state index is 5.42. The van der Waals surface area contributed by atoms with Crippen LogP contribution in [-0.4, -0.2) is 36.0 Å². The van der Waals surface area contributed by atoms with Crippen molar-refractivity contribution in [3.05, 3.63) is 10.6 Å². The average Bonchev–Trinajstić information content (AvgIpc) is 3.01. The van der Waals surface area contributed by atoms with Gasteiger partial charge in [-0.3, -0.25) is 0 Å². The van der Waals surface area contributed by atoms with Gasteiger partial charge in [-0.05, 0) is 24.4 Å². The van der Waals surface area contributed by atoms with E-state index in [1.54, 1.807) is 0 Å². The van der Waals surface area contributed by atoms with Gasteiger partial charge in [0.05, 0.1) is 23.8 Å². The molecule has 0 aliphatic carbocycles. The van der Waals surface area contributed by atoms with E-state index in [0.717, 1.165) is 39.3 Å². The monoisotopic (exact) mass is 226 g/mol. The molecule has 2 saturated heterocycles. The van der Waals surface area contributed by atoms with Crippen molar-refractivity contribution >= 4 is 11.5 Å². The van der Waals surface area contributed by atoms with Gasteiger partial charge in [0.1, 0.15) is 0 Å². The van der Waals surface area contributed by atoms with Crippen LogP contribution in [0.2, 0.25) is 0 Å². The summed E-state index contributed by atoms with van der Waals surface area (Å²) in [5, 5.41) is 4.28. The zero-order valence-electron chi connectivity index (χ0n) is 8.52. The van der Waals surface area contributed by atoms with Crippen molar-refractivity contribution in [3.8, 4) is 0 Å². The molecule has 2 aliphatic rings. The summed E-state index contributed by atoms with van der Waals surface area (Å²) in [7, 11) is 0. The molecule has 0 aromatic carbocycles. The summed E-state index contributed by atoms with van der Waals surface area (Å²) >= 11 is 1.54. The molecule has 4 nitrogen and oxygen atoms in total. The molecule has 3 heterocycles. The molecule has 2 aliphatic heterocycles. The van der Waals surface area contributed by atoms with E-state index in [4.69, 9.17) is 9.47 Å². The third-order valence-corrected chi connectivity index (χ3v) is 4.06. The minimum Gasteiger partial charge on any atom is -0.381 e. The Morgan fingerprint density at radius 2 is 1.80 bits per heavy atom. The topological polar surface area (TPSA) is 44.2 Å². The first-order valence-electron chi connectivity index (χ1n) is 5.43. The van der Waals surface area contributed by atoms with Gasteiger partial charge in [-0.15, -0.1) is 5.10 Å². The summed E-state index contributed by atoms with van der Waals surface area (Å²) in [5.41, 5.74) is 1.17. The van der Waals surface area contributed by atoms with Gasteiger partial charge in [0.2, 0.25) is 0 Å². The summed E-state index contributed by atoms with van der Waals surface area (Å²) < 4.78 is 14.9. The molecule has 1 aromatic heterocycles. The summed E-state index contributed by atoms with van der Waals surface area (Å²) in [6.07, 6.45) is 2.20. The molecule has 0 radical (unpaired) electrons. The SMILES string of the molecule is C1CC(c2nnsc2C2CCOC2)CO1. The van der Waals surface area contributed by atoms with Crippen LogP contribution in [0.15, 0.2) is 0 Å². The molecule has 0 spiro atoms. The van der Waals surface area contributed by atoms with Crippen LogP contribution in [0.5, 0.6) is 0 Å². The van der Waals surface area contributed by atoms with Crippen molar-refractivity contribution in [2.45, 2.75) is 24.7 Å². The van der Waals surface area contributed by atoms with Gasteiger partial charge in [0.15, 0.2) is 0 Å². The Hall–Kier alpha value is -0.520. The lowest BCUT2D eigenvalue weighted by Crippen LogP contribution is -2.05. The predicted molar refractivity (Wildman–Crippen MR) is 56.3 cm³/mol. The second-order valence-corrected chi connectivity index (χ2v) is 4.93. The van der Waals surface area contributed by atoms with Crippen LogP contribution in [0.1, 0.15) is 35.2 Å². The fraction of sp³-hybridized carbons (Fsp3) is 0.800. The second-order valence-electron chi connectivity index (χ2n) is 4.14. The molecule has 2 unspecified atom stereocenters. The highest BCUT2D eigenvalue weighted by Crippen LogP contribution is 2.35. The normalized spacial score (nSPS) is 31.2. The highest BCUT2D eigenvalue weighted by Gasteiger charge is 2.29. The number of rotatable bonds is 2. The molecule has 0 amide bonds. The first kappa shape index (κ1) is 9.69. The van der Waals surface area contributed by atoms with E-state index in [1.165, 1.54) is 22.1 Å². The summed E-state index contributed by atoms with van der Waals surface area (Å²) in [6.45, 7) is 3.39. The predicted octanol–water partition coefficient (Wildman–Crippen LogP) is 1.55. The Morgan fingerprint density at radius 1 is 1.07 bits per heavy atom. The van der Waals surface area contributed by atoms with Gasteiger partial charge in [0, 0.05) is 25.0 Å². The number of hydrogen-bond acceptors (Lipinski definition) is 5. The lowest BCUT2D eigenvalue weighted by Gasteiger charge is -2.09. The van der Waals surface area contributed by atoms with Gasteiger partial charge in [0.25, 0.3) is 0 Å². The first-order valence-corrected chi connectivity index (χ1v) is 6.20. The summed E-state index contributed by atoms with van der Waals surface area (Å²) in [5.74, 6) is 1.000. The van der Waals surface area contributed by atoms with Crippen LogP contribution in [0, 0.1) is 0 Å². The average molecular weight is 226 g/mol. The molecule has 2 fully saturated rings. The molecule has 2 atom stereocenters. The Kier molecular flexibility index (Phi) is 2.68. The third kappa shape index (κ3) is 1.79. The molecule has 0 bridgehead atoms. The molecule has 0 N–H and O–H groups in total. The fourth-order valence-electron chi connectivity index (χ4n) is 2.26. The van der Waals surface area contributed by atoms with Crippen LogP contribution in [0.4, 0.5) is 0 Å². The zero-order valence-corrected chi connectivity index (χ0v) is 9.33. The fourth-order valence-corrected chi connectivity index (χ4v) is 3.12. The molecule has 3 rings (SSSR count). The standard InChI is InChI=1S/C10H14N2O2S/c1-3-13-5-7(1)9-10(15-12-11-9)8-2-4-14-6-8/h7-8H,1-6H2. The van der Waals surface area contributed by atoms with Gasteiger partial charge in [-0.1, -0.05) is 4.49 Å². The molecule has 15 heavy (non-hydrogen) atoms. The van der Waals surface area contributed by atoms with Crippen LogP contribution in [0.3, 0.4) is 0 Å². The van der Waals surface area contributed by atoms with Gasteiger partial charge in [-0.2, -0.15) is 0 Å². The van der Waals surface area contributed by atoms with E-state index < -0.39 is 0 Å². The summed E-state index contributed by atoms with van der Waals surface area (Å²) in [4.78, 5) is 1.34. The van der Waals surface area contributed by atoms with Crippen molar-refractivity contribution in [2.24, 2.45) is 0 Å². The van der Waals surface area contributed by atoms with Crippen LogP contribution < -0.4 is 0 Å². The lowest BCUT2D eigenvalue weighted by atomic mass is 9.97. The minimum absolute atomic E-state index is 0.472. The second kappa shape index (κ2) is 4.15. The van der Waals surface area contributed by atoms with Gasteiger partial charge >= 0.3 is 0 Å². The summed E-state index contributed by atoms with van der Waals surface area (Å²) in [6, 6.07) is 0. The number of nitrogens with zero attached hydrogens (tertiary/aromatic N) is 2. The van der Waals surface area contributed by atoms with E-state index >= 15 is 0 Å². The molecule has 5 heteroatoms. The Balaban J connectivity index is 1.84. The lowest BCUT2D eigenvalue weighted by molar-refractivity contribution is 0.192. The van der Waals surface area contributed by atoms with Crippen molar-refractivity contribution in [1.29, 1.82) is 0 Å². The van der Waals surface area contributed by atoms with Gasteiger partial charge < -0.3 is 9.47 Å². The molecular formula is C10H14N2O2S. The maximum atomic E-state index is 5.42. The zero-order chi connectivity index (χ0) is 10.1. The number of aromatic nitrogens is 2. The van der Waals surface area contributed by atoms with Crippen molar-refractivity contribution in [2.75, 3.05) is 26.4 Å².